The molecule has 92 valence electrons. The summed E-state index contributed by atoms with van der Waals surface area (Å²) in [7, 11) is 2.03. The summed E-state index contributed by atoms with van der Waals surface area (Å²) in [6, 6.07) is 0.491. The highest BCUT2D eigenvalue weighted by atomic mass is 15.3. The van der Waals surface area contributed by atoms with Crippen LogP contribution in [0.25, 0.3) is 0 Å². The molecule has 0 aromatic carbocycles. The van der Waals surface area contributed by atoms with Crippen molar-refractivity contribution in [3.05, 3.63) is 12.2 Å². The third kappa shape index (κ3) is 3.30. The number of nitrogens with one attached hydrogen (secondary N) is 1. The predicted octanol–water partition coefficient (Wildman–Crippen LogP) is 1.86. The minimum Gasteiger partial charge on any atom is -0.316 e. The van der Waals surface area contributed by atoms with E-state index in [1.54, 1.807) is 6.33 Å². The smallest absolute Gasteiger partial charge is 0.138 e. The molecule has 1 rings (SSSR count). The number of rotatable bonds is 7. The van der Waals surface area contributed by atoms with E-state index in [-0.39, 0.29) is 0 Å². The maximum absolute atomic E-state index is 4.35. The molecule has 0 amide bonds. The summed E-state index contributed by atoms with van der Waals surface area (Å²) in [4.78, 5) is 4.35. The average molecular weight is 224 g/mol. The second-order valence-corrected chi connectivity index (χ2v) is 4.38. The summed E-state index contributed by atoms with van der Waals surface area (Å²) in [5, 5.41) is 7.64. The second-order valence-electron chi connectivity index (χ2n) is 4.38. The Hall–Kier alpha value is -0.900. The number of likely N-dealkylation sites (N-methyl/N-ethyl adjacent to an activating group) is 1. The lowest BCUT2D eigenvalue weighted by atomic mass is 9.96. The first-order valence-corrected chi connectivity index (χ1v) is 6.26. The van der Waals surface area contributed by atoms with Crippen molar-refractivity contribution in [2.75, 3.05) is 7.05 Å². The third-order valence-electron chi connectivity index (χ3n) is 3.24. The van der Waals surface area contributed by atoms with Crippen molar-refractivity contribution in [3.63, 3.8) is 0 Å². The maximum Gasteiger partial charge on any atom is 0.138 e. The van der Waals surface area contributed by atoms with Crippen LogP contribution in [0.5, 0.6) is 0 Å². The van der Waals surface area contributed by atoms with Gasteiger partial charge in [0, 0.05) is 19.0 Å². The predicted molar refractivity (Wildman–Crippen MR) is 66.3 cm³/mol. The van der Waals surface area contributed by atoms with E-state index in [2.05, 4.69) is 36.2 Å². The minimum absolute atomic E-state index is 0.491. The molecular weight excluding hydrogens is 200 g/mol. The Kier molecular flexibility index (Phi) is 5.46. The Morgan fingerprint density at radius 3 is 2.75 bits per heavy atom. The van der Waals surface area contributed by atoms with Gasteiger partial charge in [-0.1, -0.05) is 27.2 Å². The maximum atomic E-state index is 4.35. The molecule has 0 radical (unpaired) electrons. The van der Waals surface area contributed by atoms with Gasteiger partial charge in [-0.2, -0.15) is 5.10 Å². The third-order valence-corrected chi connectivity index (χ3v) is 3.24. The Morgan fingerprint density at radius 2 is 2.19 bits per heavy atom. The molecule has 2 unspecified atom stereocenters. The molecule has 0 aliphatic carbocycles. The van der Waals surface area contributed by atoms with Crippen LogP contribution in [0.1, 0.15) is 39.4 Å². The Labute approximate surface area is 98.5 Å². The van der Waals surface area contributed by atoms with E-state index in [9.17, 15) is 0 Å². The van der Waals surface area contributed by atoms with Gasteiger partial charge in [-0.05, 0) is 19.4 Å². The molecule has 1 heterocycles. The van der Waals surface area contributed by atoms with Crippen LogP contribution in [-0.2, 0) is 13.0 Å². The van der Waals surface area contributed by atoms with Crippen molar-refractivity contribution in [1.82, 2.24) is 20.1 Å². The zero-order chi connectivity index (χ0) is 12.0. The Bertz CT molecular complexity index is 295. The van der Waals surface area contributed by atoms with Crippen LogP contribution < -0.4 is 5.32 Å². The molecule has 4 heteroatoms. The highest BCUT2D eigenvalue weighted by Crippen LogP contribution is 2.12. The summed E-state index contributed by atoms with van der Waals surface area (Å²) in [5.41, 5.74) is 0. The number of aromatic nitrogens is 3. The van der Waals surface area contributed by atoms with Gasteiger partial charge in [0.15, 0.2) is 0 Å². The lowest BCUT2D eigenvalue weighted by Crippen LogP contribution is -2.35. The molecule has 0 saturated heterocycles. The number of hydrogen-bond donors (Lipinski definition) is 1. The zero-order valence-corrected chi connectivity index (χ0v) is 10.9. The number of aryl methyl sites for hydroxylation is 1. The standard InChI is InChI=1S/C12H24N4/c1-5-7-16-12(14-9-15-16)8-11(13-4)10(3)6-2/h9-11,13H,5-8H2,1-4H3. The largest absolute Gasteiger partial charge is 0.316 e. The van der Waals surface area contributed by atoms with Gasteiger partial charge >= 0.3 is 0 Å². The lowest BCUT2D eigenvalue weighted by molar-refractivity contribution is 0.373. The Morgan fingerprint density at radius 1 is 1.44 bits per heavy atom. The highest BCUT2D eigenvalue weighted by Gasteiger charge is 2.17. The summed E-state index contributed by atoms with van der Waals surface area (Å²) >= 11 is 0. The molecule has 16 heavy (non-hydrogen) atoms. The number of hydrogen-bond acceptors (Lipinski definition) is 3. The van der Waals surface area contributed by atoms with Crippen molar-refractivity contribution >= 4 is 0 Å². The van der Waals surface area contributed by atoms with Crippen LogP contribution in [0.15, 0.2) is 6.33 Å². The fourth-order valence-electron chi connectivity index (χ4n) is 1.91. The molecule has 0 spiro atoms. The second kappa shape index (κ2) is 6.63. The molecule has 1 aromatic heterocycles. The van der Waals surface area contributed by atoms with E-state index in [4.69, 9.17) is 0 Å². The fraction of sp³-hybridized carbons (Fsp3) is 0.833. The fourth-order valence-corrected chi connectivity index (χ4v) is 1.91. The van der Waals surface area contributed by atoms with Crippen LogP contribution in [0.4, 0.5) is 0 Å². The molecule has 0 saturated carbocycles. The van der Waals surface area contributed by atoms with Crippen molar-refractivity contribution in [1.29, 1.82) is 0 Å². The SMILES string of the molecule is CCCn1ncnc1CC(NC)C(C)CC. The lowest BCUT2D eigenvalue weighted by Gasteiger charge is -2.22. The van der Waals surface area contributed by atoms with Crippen LogP contribution in [0.2, 0.25) is 0 Å². The summed E-state index contributed by atoms with van der Waals surface area (Å²) in [6.45, 7) is 7.63. The van der Waals surface area contributed by atoms with Crippen molar-refractivity contribution in [2.24, 2.45) is 5.92 Å². The first kappa shape index (κ1) is 13.2. The molecule has 0 aliphatic rings. The van der Waals surface area contributed by atoms with Crippen LogP contribution in [-0.4, -0.2) is 27.9 Å². The summed E-state index contributed by atoms with van der Waals surface area (Å²) in [6.07, 6.45) is 4.91. The van der Waals surface area contributed by atoms with E-state index in [0.717, 1.165) is 25.2 Å². The van der Waals surface area contributed by atoms with Crippen LogP contribution in [0.3, 0.4) is 0 Å². The number of nitrogens with zero attached hydrogens (tertiary/aromatic N) is 3. The van der Waals surface area contributed by atoms with Gasteiger partial charge in [0.1, 0.15) is 12.2 Å². The molecule has 0 fully saturated rings. The van der Waals surface area contributed by atoms with Gasteiger partial charge in [-0.15, -0.1) is 0 Å². The van der Waals surface area contributed by atoms with E-state index >= 15 is 0 Å². The van der Waals surface area contributed by atoms with Crippen LogP contribution >= 0.6 is 0 Å². The van der Waals surface area contributed by atoms with E-state index in [0.29, 0.717) is 12.0 Å². The summed E-state index contributed by atoms with van der Waals surface area (Å²) in [5.74, 6) is 1.76. The normalized spacial score (nSPS) is 15.0. The molecule has 4 nitrogen and oxygen atoms in total. The molecule has 0 bridgehead atoms. The van der Waals surface area contributed by atoms with Gasteiger partial charge in [-0.3, -0.25) is 4.68 Å². The van der Waals surface area contributed by atoms with Gasteiger partial charge in [0.05, 0.1) is 0 Å². The van der Waals surface area contributed by atoms with Gasteiger partial charge in [-0.25, -0.2) is 4.98 Å². The van der Waals surface area contributed by atoms with Crippen LogP contribution in [0, 0.1) is 5.92 Å². The van der Waals surface area contributed by atoms with E-state index < -0.39 is 0 Å². The van der Waals surface area contributed by atoms with E-state index in [1.165, 1.54) is 6.42 Å². The first-order chi connectivity index (χ1) is 7.72. The average Bonchev–Trinajstić information content (AvgIpc) is 2.73. The van der Waals surface area contributed by atoms with Gasteiger partial charge < -0.3 is 5.32 Å². The Balaban J connectivity index is 2.66. The quantitative estimate of drug-likeness (QED) is 0.769. The van der Waals surface area contributed by atoms with Gasteiger partial charge in [0.25, 0.3) is 0 Å². The summed E-state index contributed by atoms with van der Waals surface area (Å²) < 4.78 is 2.02. The van der Waals surface area contributed by atoms with E-state index in [1.807, 2.05) is 11.7 Å². The molecule has 1 aromatic rings. The molecule has 0 aliphatic heterocycles. The van der Waals surface area contributed by atoms with Crippen molar-refractivity contribution < 1.29 is 0 Å². The molecular formula is C12H24N4. The molecule has 1 N–H and O–H groups in total. The highest BCUT2D eigenvalue weighted by molar-refractivity contribution is 4.91. The molecule has 2 atom stereocenters. The van der Waals surface area contributed by atoms with Crippen molar-refractivity contribution in [3.8, 4) is 0 Å². The minimum atomic E-state index is 0.491. The van der Waals surface area contributed by atoms with Gasteiger partial charge in [0.2, 0.25) is 0 Å². The topological polar surface area (TPSA) is 42.7 Å². The first-order valence-electron chi connectivity index (χ1n) is 6.26. The van der Waals surface area contributed by atoms with Crippen molar-refractivity contribution in [2.45, 2.75) is 52.6 Å². The zero-order valence-electron chi connectivity index (χ0n) is 10.9. The monoisotopic (exact) mass is 224 g/mol.